The second-order valence-electron chi connectivity index (χ2n) is 8.02. The van der Waals surface area contributed by atoms with Crippen LogP contribution in [0.1, 0.15) is 44.0 Å². The Morgan fingerprint density at radius 1 is 1.32 bits per heavy atom. The van der Waals surface area contributed by atoms with Gasteiger partial charge in [0.1, 0.15) is 6.10 Å². The summed E-state index contributed by atoms with van der Waals surface area (Å²) in [5.74, 6) is 0.436. The van der Waals surface area contributed by atoms with Gasteiger partial charge in [0.05, 0.1) is 23.6 Å². The molecule has 1 amide bonds. The first kappa shape index (κ1) is 22.8. The third-order valence-electron chi connectivity index (χ3n) is 5.27. The lowest BCUT2D eigenvalue weighted by atomic mass is 9.96. The number of nitrogens with one attached hydrogen (secondary N) is 2. The van der Waals surface area contributed by atoms with Crippen molar-refractivity contribution in [3.05, 3.63) is 35.6 Å². The predicted molar refractivity (Wildman–Crippen MR) is 122 cm³/mol. The van der Waals surface area contributed by atoms with Gasteiger partial charge in [0, 0.05) is 20.5 Å². The van der Waals surface area contributed by atoms with Crippen LogP contribution in [0.5, 0.6) is 5.75 Å². The molecule has 0 bridgehead atoms. The molecule has 0 saturated carbocycles. The van der Waals surface area contributed by atoms with Crippen LogP contribution in [0.3, 0.4) is 0 Å². The van der Waals surface area contributed by atoms with Gasteiger partial charge in [-0.05, 0) is 30.0 Å². The van der Waals surface area contributed by atoms with E-state index in [-0.39, 0.29) is 40.9 Å². The Hall–Kier alpha value is -2.88. The topological polar surface area (TPSA) is 116 Å². The zero-order valence-electron chi connectivity index (χ0n) is 18.4. The van der Waals surface area contributed by atoms with Gasteiger partial charge in [-0.15, -0.1) is 8.80 Å². The second kappa shape index (κ2) is 9.51. The molecule has 1 aromatic rings. The van der Waals surface area contributed by atoms with Crippen LogP contribution in [0.4, 0.5) is 5.69 Å². The molecule has 3 N–H and O–H groups in total. The normalized spacial score (nSPS) is 21.2. The molecule has 1 aromatic carbocycles. The van der Waals surface area contributed by atoms with E-state index in [4.69, 9.17) is 4.74 Å². The van der Waals surface area contributed by atoms with Crippen molar-refractivity contribution < 1.29 is 18.8 Å². The maximum absolute atomic E-state index is 12.3. The lowest BCUT2D eigenvalue weighted by molar-refractivity contribution is 0.0824. The highest BCUT2D eigenvalue weighted by Gasteiger charge is 2.31. The molecule has 2 unspecified atom stereocenters. The molecule has 10 heteroatoms. The lowest BCUT2D eigenvalue weighted by Gasteiger charge is -2.25. The molecule has 0 saturated heterocycles. The SMILES string of the molecule is CC[C@@H](NC1=NS(=O)N=C1Nc1cccc(C(=O)N(C)C)c1O)C1CC(C(C)C)=CO1. The summed E-state index contributed by atoms with van der Waals surface area (Å²) in [5.41, 5.74) is 1.68. The molecule has 0 radical (unpaired) electrons. The average molecular weight is 448 g/mol. The van der Waals surface area contributed by atoms with Crippen molar-refractivity contribution in [1.82, 2.24) is 10.2 Å². The molecule has 31 heavy (non-hydrogen) atoms. The average Bonchev–Trinajstić information content (AvgIpc) is 3.34. The highest BCUT2D eigenvalue weighted by molar-refractivity contribution is 7.83. The van der Waals surface area contributed by atoms with E-state index in [1.54, 1.807) is 26.2 Å². The number of carbonyl (C=O) groups is 1. The summed E-state index contributed by atoms with van der Waals surface area (Å²) in [6, 6.07) is 4.73. The van der Waals surface area contributed by atoms with E-state index in [1.807, 2.05) is 13.2 Å². The number of amidine groups is 2. The van der Waals surface area contributed by atoms with Gasteiger partial charge in [-0.1, -0.05) is 26.8 Å². The number of anilines is 1. The number of rotatable bonds is 6. The largest absolute Gasteiger partial charge is 0.505 e. The molecule has 0 aliphatic carbocycles. The standard InChI is InChI=1S/C21H29N5O4S/c1-6-15(17-10-13(11-30-17)12(2)3)22-19-20(25-31(29)24-19)23-16-9-7-8-14(18(16)27)21(28)26(4)5/h7-9,11-12,15,17,27H,6,10H2,1-5H3,(H,22,24)(H,23,25)/t15-,17?,31?/m1/s1. The molecule has 0 spiro atoms. The number of phenols is 1. The van der Waals surface area contributed by atoms with Crippen LogP contribution in [0.25, 0.3) is 0 Å². The number of ether oxygens (including phenoxy) is 1. The van der Waals surface area contributed by atoms with Gasteiger partial charge in [-0.3, -0.25) is 4.79 Å². The van der Waals surface area contributed by atoms with Crippen LogP contribution in [0, 0.1) is 5.92 Å². The molecular weight excluding hydrogens is 418 g/mol. The summed E-state index contributed by atoms with van der Waals surface area (Å²) in [7, 11) is 3.21. The van der Waals surface area contributed by atoms with Gasteiger partial charge in [0.25, 0.3) is 17.1 Å². The molecular formula is C21H29N5O4S. The van der Waals surface area contributed by atoms with Gasteiger partial charge >= 0.3 is 0 Å². The summed E-state index contributed by atoms with van der Waals surface area (Å²) in [6.45, 7) is 6.30. The third kappa shape index (κ3) is 5.07. The Bertz CT molecular complexity index is 971. The van der Waals surface area contributed by atoms with Crippen LogP contribution in [-0.4, -0.2) is 58.0 Å². The number of carbonyl (C=O) groups excluding carboxylic acids is 1. The zero-order valence-corrected chi connectivity index (χ0v) is 19.2. The van der Waals surface area contributed by atoms with E-state index in [0.29, 0.717) is 11.8 Å². The van der Waals surface area contributed by atoms with Gasteiger partial charge in [-0.25, -0.2) is 4.21 Å². The van der Waals surface area contributed by atoms with Crippen molar-refractivity contribution in [3.8, 4) is 5.75 Å². The second-order valence-corrected chi connectivity index (χ2v) is 8.85. The third-order valence-corrected chi connectivity index (χ3v) is 5.95. The first-order chi connectivity index (χ1) is 14.7. The van der Waals surface area contributed by atoms with E-state index in [9.17, 15) is 14.1 Å². The fourth-order valence-corrected chi connectivity index (χ4v) is 4.00. The Morgan fingerprint density at radius 2 is 2.03 bits per heavy atom. The highest BCUT2D eigenvalue weighted by Crippen LogP contribution is 2.29. The number of aromatic hydroxyl groups is 1. The van der Waals surface area contributed by atoms with Gasteiger partial charge < -0.3 is 25.4 Å². The minimum absolute atomic E-state index is 0.0603. The molecule has 168 valence electrons. The van der Waals surface area contributed by atoms with E-state index in [2.05, 4.69) is 33.3 Å². The van der Waals surface area contributed by atoms with Crippen molar-refractivity contribution in [3.63, 3.8) is 0 Å². The Kier molecular flexibility index (Phi) is 6.99. The van der Waals surface area contributed by atoms with Gasteiger partial charge in [0.2, 0.25) is 0 Å². The fourth-order valence-electron chi connectivity index (χ4n) is 3.37. The van der Waals surface area contributed by atoms with Crippen molar-refractivity contribution in [2.45, 2.75) is 45.8 Å². The van der Waals surface area contributed by atoms with Crippen molar-refractivity contribution in [2.24, 2.45) is 14.7 Å². The van der Waals surface area contributed by atoms with E-state index < -0.39 is 11.2 Å². The van der Waals surface area contributed by atoms with E-state index in [1.165, 1.54) is 16.5 Å². The summed E-state index contributed by atoms with van der Waals surface area (Å²) in [6.07, 6.45) is 3.35. The first-order valence-electron chi connectivity index (χ1n) is 10.2. The number of phenolic OH excluding ortho intramolecular Hbond substituents is 1. The van der Waals surface area contributed by atoms with Crippen LogP contribution >= 0.6 is 0 Å². The van der Waals surface area contributed by atoms with Gasteiger partial charge in [-0.2, -0.15) is 0 Å². The summed E-state index contributed by atoms with van der Waals surface area (Å²) < 4.78 is 26.0. The first-order valence-corrected chi connectivity index (χ1v) is 11.3. The summed E-state index contributed by atoms with van der Waals surface area (Å²) in [4.78, 5) is 13.7. The number of nitrogens with zero attached hydrogens (tertiary/aromatic N) is 3. The smallest absolute Gasteiger partial charge is 0.269 e. The molecule has 2 heterocycles. The Balaban J connectivity index is 1.75. The van der Waals surface area contributed by atoms with Crippen molar-refractivity contribution >= 4 is 34.4 Å². The van der Waals surface area contributed by atoms with Crippen LogP contribution in [0.15, 0.2) is 38.8 Å². The number of para-hydroxylation sites is 1. The van der Waals surface area contributed by atoms with Crippen molar-refractivity contribution in [1.29, 1.82) is 0 Å². The number of benzene rings is 1. The molecule has 2 aliphatic rings. The maximum atomic E-state index is 12.3. The lowest BCUT2D eigenvalue weighted by Crippen LogP contribution is -2.46. The summed E-state index contributed by atoms with van der Waals surface area (Å²) >= 11 is -1.78. The summed E-state index contributed by atoms with van der Waals surface area (Å²) in [5, 5.41) is 16.8. The monoisotopic (exact) mass is 447 g/mol. The zero-order chi connectivity index (χ0) is 22.7. The molecule has 3 rings (SSSR count). The minimum Gasteiger partial charge on any atom is -0.505 e. The molecule has 0 fully saturated rings. The molecule has 3 atom stereocenters. The minimum atomic E-state index is -1.78. The number of amides is 1. The van der Waals surface area contributed by atoms with Crippen LogP contribution in [0.2, 0.25) is 0 Å². The maximum Gasteiger partial charge on any atom is 0.269 e. The highest BCUT2D eigenvalue weighted by atomic mass is 32.2. The van der Waals surface area contributed by atoms with E-state index in [0.717, 1.165) is 12.8 Å². The Morgan fingerprint density at radius 3 is 2.65 bits per heavy atom. The van der Waals surface area contributed by atoms with E-state index >= 15 is 0 Å². The fraction of sp³-hybridized carbons (Fsp3) is 0.476. The van der Waals surface area contributed by atoms with Gasteiger partial charge in [0.15, 0.2) is 17.4 Å². The molecule has 0 aromatic heterocycles. The molecule has 9 nitrogen and oxygen atoms in total. The van der Waals surface area contributed by atoms with Crippen LogP contribution in [-0.2, 0) is 15.9 Å². The predicted octanol–water partition coefficient (Wildman–Crippen LogP) is 2.59. The number of hydrogen-bond acceptors (Lipinski definition) is 6. The van der Waals surface area contributed by atoms with Crippen molar-refractivity contribution in [2.75, 3.05) is 19.4 Å². The quantitative estimate of drug-likeness (QED) is 0.578. The molecule has 2 aliphatic heterocycles. The number of hydrogen-bond donors (Lipinski definition) is 3. The Labute approximate surface area is 185 Å². The van der Waals surface area contributed by atoms with Crippen LogP contribution < -0.4 is 10.6 Å².